The Labute approximate surface area is 100.0 Å². The lowest BCUT2D eigenvalue weighted by atomic mass is 10.1. The molecule has 3 nitrogen and oxygen atoms in total. The van der Waals surface area contributed by atoms with E-state index in [9.17, 15) is 9.18 Å². The second kappa shape index (κ2) is 5.27. The van der Waals surface area contributed by atoms with Crippen LogP contribution >= 0.6 is 0 Å². The van der Waals surface area contributed by atoms with Crippen molar-refractivity contribution in [3.8, 4) is 0 Å². The maximum atomic E-state index is 13.0. The van der Waals surface area contributed by atoms with Crippen LogP contribution in [0.3, 0.4) is 0 Å². The van der Waals surface area contributed by atoms with Gasteiger partial charge >= 0.3 is 5.97 Å². The quantitative estimate of drug-likeness (QED) is 0.814. The predicted molar refractivity (Wildman–Crippen MR) is 62.1 cm³/mol. The second-order valence-corrected chi connectivity index (χ2v) is 4.12. The van der Waals surface area contributed by atoms with Crippen LogP contribution in [0.25, 0.3) is 0 Å². The van der Waals surface area contributed by atoms with Gasteiger partial charge in [-0.2, -0.15) is 0 Å². The molecule has 17 heavy (non-hydrogen) atoms. The van der Waals surface area contributed by atoms with E-state index in [0.29, 0.717) is 6.61 Å². The largest absolute Gasteiger partial charge is 0.465 e. The Balaban J connectivity index is 1.95. The van der Waals surface area contributed by atoms with Crippen molar-refractivity contribution in [3.63, 3.8) is 0 Å². The van der Waals surface area contributed by atoms with Gasteiger partial charge in [0.25, 0.3) is 0 Å². The van der Waals surface area contributed by atoms with Gasteiger partial charge in [-0.15, -0.1) is 0 Å². The van der Waals surface area contributed by atoms with Crippen molar-refractivity contribution in [2.24, 2.45) is 0 Å². The fraction of sp³-hybridized carbons (Fsp3) is 0.462. The average molecular weight is 237 g/mol. The van der Waals surface area contributed by atoms with Crippen LogP contribution in [0, 0.1) is 5.82 Å². The third-order valence-corrected chi connectivity index (χ3v) is 2.98. The highest BCUT2D eigenvalue weighted by atomic mass is 19.1. The molecule has 0 saturated heterocycles. The summed E-state index contributed by atoms with van der Waals surface area (Å²) in [4.78, 5) is 11.2. The minimum atomic E-state index is -0.247. The number of aryl methyl sites for hydroxylation is 1. The molecule has 0 aliphatic heterocycles. The zero-order chi connectivity index (χ0) is 12.3. The molecule has 1 atom stereocenters. The molecule has 0 fully saturated rings. The zero-order valence-electron chi connectivity index (χ0n) is 9.83. The van der Waals surface area contributed by atoms with Crippen molar-refractivity contribution in [1.29, 1.82) is 0 Å². The van der Waals surface area contributed by atoms with Gasteiger partial charge in [0.15, 0.2) is 0 Å². The normalized spacial score (nSPS) is 17.9. The molecule has 0 heterocycles. The number of benzene rings is 1. The third kappa shape index (κ3) is 2.82. The summed E-state index contributed by atoms with van der Waals surface area (Å²) < 4.78 is 17.9. The molecular weight excluding hydrogens is 221 g/mol. The van der Waals surface area contributed by atoms with Gasteiger partial charge in [0.1, 0.15) is 5.82 Å². The number of ether oxygens (including phenoxy) is 1. The van der Waals surface area contributed by atoms with Gasteiger partial charge in [-0.3, -0.25) is 4.79 Å². The Bertz CT molecular complexity index is 420. The van der Waals surface area contributed by atoms with Crippen LogP contribution in [-0.2, 0) is 16.0 Å². The highest BCUT2D eigenvalue weighted by molar-refractivity contribution is 5.71. The number of hydrogen-bond donors (Lipinski definition) is 1. The Hall–Kier alpha value is -1.42. The first kappa shape index (κ1) is 12.0. The minimum Gasteiger partial charge on any atom is -0.465 e. The predicted octanol–water partition coefficient (Wildman–Crippen LogP) is 1.97. The second-order valence-electron chi connectivity index (χ2n) is 4.12. The fourth-order valence-corrected chi connectivity index (χ4v) is 2.22. The number of carbonyl (C=O) groups is 1. The van der Waals surface area contributed by atoms with Gasteiger partial charge in [-0.1, -0.05) is 6.07 Å². The van der Waals surface area contributed by atoms with Crippen LogP contribution in [0.15, 0.2) is 18.2 Å². The number of nitrogens with one attached hydrogen (secondary N) is 1. The van der Waals surface area contributed by atoms with Crippen molar-refractivity contribution in [1.82, 2.24) is 5.32 Å². The first-order valence-electron chi connectivity index (χ1n) is 5.88. The summed E-state index contributed by atoms with van der Waals surface area (Å²) in [6.45, 7) is 2.38. The van der Waals surface area contributed by atoms with Crippen molar-refractivity contribution in [2.75, 3.05) is 13.2 Å². The first-order chi connectivity index (χ1) is 8.20. The topological polar surface area (TPSA) is 38.3 Å². The van der Waals surface area contributed by atoms with Crippen LogP contribution in [0.4, 0.5) is 4.39 Å². The molecule has 0 radical (unpaired) electrons. The summed E-state index contributed by atoms with van der Waals surface area (Å²) in [6.07, 6.45) is 1.76. The Morgan fingerprint density at radius 3 is 3.18 bits per heavy atom. The number of hydrogen-bond acceptors (Lipinski definition) is 3. The van der Waals surface area contributed by atoms with Gasteiger partial charge in [-0.05, 0) is 43.0 Å². The smallest absolute Gasteiger partial charge is 0.319 e. The summed E-state index contributed by atoms with van der Waals surface area (Å²) in [5, 5.41) is 3.14. The molecule has 1 aliphatic rings. The van der Waals surface area contributed by atoms with E-state index in [4.69, 9.17) is 4.74 Å². The lowest BCUT2D eigenvalue weighted by Gasteiger charge is -2.13. The third-order valence-electron chi connectivity index (χ3n) is 2.98. The molecule has 1 unspecified atom stereocenters. The molecule has 1 aliphatic carbocycles. The standard InChI is InChI=1S/C13H16FNO2/c1-2-17-13(16)8-15-12-6-3-9-7-10(14)4-5-11(9)12/h4-5,7,12,15H,2-3,6,8H2,1H3. The molecule has 0 bridgehead atoms. The average Bonchev–Trinajstić information content (AvgIpc) is 2.69. The number of fused-ring (bicyclic) bond motifs is 1. The van der Waals surface area contributed by atoms with Gasteiger partial charge in [0.05, 0.1) is 13.2 Å². The highest BCUT2D eigenvalue weighted by Crippen LogP contribution is 2.31. The maximum absolute atomic E-state index is 13.0. The zero-order valence-corrected chi connectivity index (χ0v) is 9.83. The summed E-state index contributed by atoms with van der Waals surface area (Å²) in [5.74, 6) is -0.446. The van der Waals surface area contributed by atoms with E-state index in [1.807, 2.05) is 0 Å². The SMILES string of the molecule is CCOC(=O)CNC1CCc2cc(F)ccc21. The van der Waals surface area contributed by atoms with Crippen LogP contribution in [0.5, 0.6) is 0 Å². The fourth-order valence-electron chi connectivity index (χ4n) is 2.22. The van der Waals surface area contributed by atoms with Crippen LogP contribution in [-0.4, -0.2) is 19.1 Å². The van der Waals surface area contributed by atoms with Crippen molar-refractivity contribution >= 4 is 5.97 Å². The van der Waals surface area contributed by atoms with E-state index in [1.165, 1.54) is 6.07 Å². The molecule has 0 amide bonds. The molecule has 1 aromatic rings. The molecule has 1 N–H and O–H groups in total. The maximum Gasteiger partial charge on any atom is 0.319 e. The summed E-state index contributed by atoms with van der Waals surface area (Å²) >= 11 is 0. The van der Waals surface area contributed by atoms with Crippen molar-refractivity contribution < 1.29 is 13.9 Å². The monoisotopic (exact) mass is 237 g/mol. The van der Waals surface area contributed by atoms with E-state index in [2.05, 4.69) is 5.32 Å². The Kier molecular flexibility index (Phi) is 3.74. The molecule has 4 heteroatoms. The number of carbonyl (C=O) groups excluding carboxylic acids is 1. The summed E-state index contributed by atoms with van der Waals surface area (Å²) in [7, 11) is 0. The lowest BCUT2D eigenvalue weighted by molar-refractivity contribution is -0.142. The molecule has 0 saturated carbocycles. The molecule has 92 valence electrons. The van der Waals surface area contributed by atoms with Crippen LogP contribution < -0.4 is 5.32 Å². The van der Waals surface area contributed by atoms with E-state index < -0.39 is 0 Å². The highest BCUT2D eigenvalue weighted by Gasteiger charge is 2.22. The Morgan fingerprint density at radius 2 is 2.41 bits per heavy atom. The molecule has 2 rings (SSSR count). The van der Waals surface area contributed by atoms with Gasteiger partial charge < -0.3 is 10.1 Å². The van der Waals surface area contributed by atoms with Crippen molar-refractivity contribution in [3.05, 3.63) is 35.1 Å². The van der Waals surface area contributed by atoms with Crippen LogP contribution in [0.2, 0.25) is 0 Å². The van der Waals surface area contributed by atoms with E-state index in [0.717, 1.165) is 24.0 Å². The molecule has 0 aromatic heterocycles. The number of halogens is 1. The molecule has 1 aromatic carbocycles. The minimum absolute atomic E-state index is 0.134. The van der Waals surface area contributed by atoms with Gasteiger partial charge in [0, 0.05) is 6.04 Å². The lowest BCUT2D eigenvalue weighted by Crippen LogP contribution is -2.27. The van der Waals surface area contributed by atoms with Gasteiger partial charge in [-0.25, -0.2) is 4.39 Å². The van der Waals surface area contributed by atoms with Crippen LogP contribution in [0.1, 0.15) is 30.5 Å². The first-order valence-corrected chi connectivity index (χ1v) is 5.88. The number of esters is 1. The molecule has 0 spiro atoms. The Morgan fingerprint density at radius 1 is 1.59 bits per heavy atom. The van der Waals surface area contributed by atoms with Gasteiger partial charge in [0.2, 0.25) is 0 Å². The summed E-state index contributed by atoms with van der Waals surface area (Å²) in [5.41, 5.74) is 2.13. The van der Waals surface area contributed by atoms with E-state index in [1.54, 1.807) is 19.1 Å². The van der Waals surface area contributed by atoms with E-state index in [-0.39, 0.29) is 24.4 Å². The molecular formula is C13H16FNO2. The van der Waals surface area contributed by atoms with E-state index >= 15 is 0 Å². The summed E-state index contributed by atoms with van der Waals surface area (Å²) in [6, 6.07) is 4.96. The number of rotatable bonds is 4. The van der Waals surface area contributed by atoms with Crippen molar-refractivity contribution in [2.45, 2.75) is 25.8 Å².